The zero-order valence-electron chi connectivity index (χ0n) is 17.3. The average Bonchev–Trinajstić information content (AvgIpc) is 2.62. The number of alkyl carbamates (subject to hydrolysis) is 1. The highest BCUT2D eigenvalue weighted by Crippen LogP contribution is 2.12. The van der Waals surface area contributed by atoms with Crippen molar-refractivity contribution in [1.29, 1.82) is 0 Å². The summed E-state index contributed by atoms with van der Waals surface area (Å²) in [5.74, 6) is -0.227. The van der Waals surface area contributed by atoms with Crippen molar-refractivity contribution >= 4 is 23.7 Å². The molecule has 0 spiro atoms. The first-order valence-electron chi connectivity index (χ1n) is 9.62. The second-order valence-corrected chi connectivity index (χ2v) is 7.59. The Morgan fingerprint density at radius 1 is 0.929 bits per heavy atom. The largest absolute Gasteiger partial charge is 0.469 e. The molecule has 0 aliphatic heterocycles. The number of methoxy groups -OCH3 is 1. The molecule has 7 nitrogen and oxygen atoms in total. The predicted molar refractivity (Wildman–Crippen MR) is 108 cm³/mol. The minimum Gasteiger partial charge on any atom is -0.469 e. The van der Waals surface area contributed by atoms with Gasteiger partial charge >= 0.3 is 12.1 Å². The maximum Gasteiger partial charge on any atom is 0.407 e. The first kappa shape index (κ1) is 23.5. The number of ether oxygens (including phenoxy) is 2. The van der Waals surface area contributed by atoms with Crippen LogP contribution >= 0.6 is 0 Å². The highest BCUT2D eigenvalue weighted by Gasteiger charge is 2.15. The Morgan fingerprint density at radius 3 is 2.11 bits per heavy atom. The van der Waals surface area contributed by atoms with Crippen LogP contribution in [-0.4, -0.2) is 30.7 Å². The lowest BCUT2D eigenvalue weighted by atomic mass is 10.1. The summed E-state index contributed by atoms with van der Waals surface area (Å²) in [6, 6.07) is 7.31. The normalized spacial score (nSPS) is 10.9. The maximum atomic E-state index is 12.0. The molecule has 0 unspecified atom stereocenters. The number of rotatable bonds is 10. The summed E-state index contributed by atoms with van der Waals surface area (Å²) < 4.78 is 9.77. The topological polar surface area (TPSA) is 93.7 Å². The van der Waals surface area contributed by atoms with Gasteiger partial charge in [0.1, 0.15) is 5.60 Å². The molecule has 0 aromatic heterocycles. The number of amides is 2. The molecule has 0 aliphatic rings. The van der Waals surface area contributed by atoms with Crippen LogP contribution in [0.5, 0.6) is 0 Å². The number of esters is 1. The highest BCUT2D eigenvalue weighted by molar-refractivity contribution is 5.90. The van der Waals surface area contributed by atoms with Crippen LogP contribution in [0.25, 0.3) is 0 Å². The monoisotopic (exact) mass is 392 g/mol. The molecule has 2 N–H and O–H groups in total. The number of anilines is 1. The Hall–Kier alpha value is -2.57. The summed E-state index contributed by atoms with van der Waals surface area (Å²) in [6.45, 7) is 5.79. The van der Waals surface area contributed by atoms with E-state index in [1.807, 2.05) is 32.9 Å². The molecule has 0 atom stereocenters. The zero-order valence-corrected chi connectivity index (χ0v) is 17.3. The van der Waals surface area contributed by atoms with Gasteiger partial charge in [0.25, 0.3) is 0 Å². The molecular weight excluding hydrogens is 360 g/mol. The van der Waals surface area contributed by atoms with Gasteiger partial charge in [-0.2, -0.15) is 0 Å². The zero-order chi connectivity index (χ0) is 21.0. The molecular formula is C21H32N2O5. The summed E-state index contributed by atoms with van der Waals surface area (Å²) in [6.07, 6.45) is 3.79. The van der Waals surface area contributed by atoms with Crippen molar-refractivity contribution < 1.29 is 23.9 Å². The molecule has 1 aromatic rings. The summed E-state index contributed by atoms with van der Waals surface area (Å²) in [4.78, 5) is 34.6. The van der Waals surface area contributed by atoms with Crippen molar-refractivity contribution in [3.05, 3.63) is 29.8 Å². The van der Waals surface area contributed by atoms with Gasteiger partial charge in [0.15, 0.2) is 0 Å². The molecule has 0 aliphatic carbocycles. The first-order valence-corrected chi connectivity index (χ1v) is 9.62. The van der Waals surface area contributed by atoms with Gasteiger partial charge in [0, 0.05) is 25.1 Å². The van der Waals surface area contributed by atoms with Crippen LogP contribution in [-0.2, 0) is 25.6 Å². The van der Waals surface area contributed by atoms with Gasteiger partial charge in [-0.15, -0.1) is 0 Å². The van der Waals surface area contributed by atoms with Gasteiger partial charge in [-0.05, 0) is 51.3 Å². The van der Waals surface area contributed by atoms with Crippen LogP contribution in [0, 0.1) is 0 Å². The van der Waals surface area contributed by atoms with E-state index in [0.29, 0.717) is 19.4 Å². The van der Waals surface area contributed by atoms with E-state index in [9.17, 15) is 14.4 Å². The summed E-state index contributed by atoms with van der Waals surface area (Å²) in [5, 5.41) is 5.55. The molecule has 1 rings (SSSR count). The number of hydrogen-bond acceptors (Lipinski definition) is 5. The highest BCUT2D eigenvalue weighted by atomic mass is 16.6. The van der Waals surface area contributed by atoms with E-state index in [2.05, 4.69) is 15.4 Å². The molecule has 0 saturated carbocycles. The fourth-order valence-corrected chi connectivity index (χ4v) is 2.43. The number of unbranched alkanes of at least 4 members (excludes halogenated alkanes) is 3. The van der Waals surface area contributed by atoms with Crippen molar-refractivity contribution in [3.8, 4) is 0 Å². The molecule has 0 heterocycles. The third-order valence-corrected chi connectivity index (χ3v) is 3.84. The molecule has 0 radical (unpaired) electrons. The minimum atomic E-state index is -0.528. The summed E-state index contributed by atoms with van der Waals surface area (Å²) in [7, 11) is 1.39. The molecule has 156 valence electrons. The van der Waals surface area contributed by atoms with Gasteiger partial charge in [-0.1, -0.05) is 25.0 Å². The number of benzene rings is 1. The van der Waals surface area contributed by atoms with Crippen molar-refractivity contribution in [3.63, 3.8) is 0 Å². The minimum absolute atomic E-state index is 0.0346. The maximum absolute atomic E-state index is 12.0. The molecule has 0 bridgehead atoms. The smallest absolute Gasteiger partial charge is 0.407 e. The van der Waals surface area contributed by atoms with E-state index >= 15 is 0 Å². The summed E-state index contributed by atoms with van der Waals surface area (Å²) >= 11 is 0. The molecule has 2 amide bonds. The second-order valence-electron chi connectivity index (χ2n) is 7.59. The van der Waals surface area contributed by atoms with Crippen molar-refractivity contribution in [1.82, 2.24) is 5.32 Å². The standard InChI is InChI=1S/C21H32N2O5/c1-21(2,3)28-20(26)22-15-16-11-13-17(14-12-16)23-18(24)9-7-5-6-8-10-19(25)27-4/h11-14H,5-10,15H2,1-4H3,(H,22,26)(H,23,24). The second kappa shape index (κ2) is 12.0. The quantitative estimate of drug-likeness (QED) is 0.460. The van der Waals surface area contributed by atoms with E-state index in [4.69, 9.17) is 4.74 Å². The molecule has 7 heteroatoms. The molecule has 0 saturated heterocycles. The third-order valence-electron chi connectivity index (χ3n) is 3.84. The fourth-order valence-electron chi connectivity index (χ4n) is 2.43. The molecule has 28 heavy (non-hydrogen) atoms. The van der Waals surface area contributed by atoms with Crippen LogP contribution in [0.15, 0.2) is 24.3 Å². The first-order chi connectivity index (χ1) is 13.2. The van der Waals surface area contributed by atoms with Crippen molar-refractivity contribution in [2.75, 3.05) is 12.4 Å². The van der Waals surface area contributed by atoms with Crippen LogP contribution in [0.1, 0.15) is 64.9 Å². The van der Waals surface area contributed by atoms with E-state index in [-0.39, 0.29) is 11.9 Å². The van der Waals surface area contributed by atoms with Crippen molar-refractivity contribution in [2.24, 2.45) is 0 Å². The van der Waals surface area contributed by atoms with Crippen LogP contribution < -0.4 is 10.6 Å². The fraction of sp³-hybridized carbons (Fsp3) is 0.571. The van der Waals surface area contributed by atoms with Crippen molar-refractivity contribution in [2.45, 2.75) is 71.4 Å². The number of carbonyl (C=O) groups is 3. The van der Waals surface area contributed by atoms with E-state index in [1.54, 1.807) is 12.1 Å². The molecule has 0 fully saturated rings. The Bertz CT molecular complexity index is 635. The van der Waals surface area contributed by atoms with E-state index in [1.165, 1.54) is 7.11 Å². The number of nitrogens with one attached hydrogen (secondary N) is 2. The lowest BCUT2D eigenvalue weighted by molar-refractivity contribution is -0.140. The number of hydrogen-bond donors (Lipinski definition) is 2. The predicted octanol–water partition coefficient (Wildman–Crippen LogP) is 4.16. The van der Waals surface area contributed by atoms with Gasteiger partial charge in [-0.3, -0.25) is 9.59 Å². The number of carbonyl (C=O) groups excluding carboxylic acids is 3. The summed E-state index contributed by atoms with van der Waals surface area (Å²) in [5.41, 5.74) is 1.10. The van der Waals surface area contributed by atoms with E-state index in [0.717, 1.165) is 36.9 Å². The Kier molecular flexibility index (Phi) is 10.1. The van der Waals surface area contributed by atoms with Gasteiger partial charge in [-0.25, -0.2) is 4.79 Å². The lowest BCUT2D eigenvalue weighted by Crippen LogP contribution is -2.32. The van der Waals surface area contributed by atoms with Crippen LogP contribution in [0.3, 0.4) is 0 Å². The lowest BCUT2D eigenvalue weighted by Gasteiger charge is -2.19. The SMILES string of the molecule is COC(=O)CCCCCCC(=O)Nc1ccc(CNC(=O)OC(C)(C)C)cc1. The Balaban J connectivity index is 2.24. The van der Waals surface area contributed by atoms with Gasteiger partial charge in [0.2, 0.25) is 5.91 Å². The van der Waals surface area contributed by atoms with E-state index < -0.39 is 11.7 Å². The Morgan fingerprint density at radius 2 is 1.54 bits per heavy atom. The average molecular weight is 392 g/mol. The molecule has 1 aromatic carbocycles. The van der Waals surface area contributed by atoms with Gasteiger partial charge in [0.05, 0.1) is 7.11 Å². The third kappa shape index (κ3) is 11.2. The van der Waals surface area contributed by atoms with Gasteiger partial charge < -0.3 is 20.1 Å². The van der Waals surface area contributed by atoms with Crippen LogP contribution in [0.4, 0.5) is 10.5 Å². The van der Waals surface area contributed by atoms with Crippen LogP contribution in [0.2, 0.25) is 0 Å². The Labute approximate surface area is 167 Å².